The highest BCUT2D eigenvalue weighted by atomic mass is 32.1. The van der Waals surface area contributed by atoms with Crippen LogP contribution < -0.4 is 5.32 Å². The molecule has 1 amide bonds. The van der Waals surface area contributed by atoms with Crippen molar-refractivity contribution in [2.24, 2.45) is 0 Å². The fourth-order valence-corrected chi connectivity index (χ4v) is 4.74. The fraction of sp³-hybridized carbons (Fsp3) is 0.458. The third-order valence-corrected chi connectivity index (χ3v) is 6.49. The third-order valence-electron chi connectivity index (χ3n) is 5.54. The van der Waals surface area contributed by atoms with Gasteiger partial charge in [0.1, 0.15) is 10.5 Å². The van der Waals surface area contributed by atoms with Crippen molar-refractivity contribution in [1.29, 1.82) is 0 Å². The summed E-state index contributed by atoms with van der Waals surface area (Å²) in [5.41, 5.74) is 3.21. The molecule has 1 atom stereocenters. The first-order valence-electron chi connectivity index (χ1n) is 10.7. The maximum atomic E-state index is 13.1. The average molecular weight is 412 g/mol. The van der Waals surface area contributed by atoms with E-state index in [0.29, 0.717) is 6.54 Å². The van der Waals surface area contributed by atoms with Crippen molar-refractivity contribution in [1.82, 2.24) is 14.8 Å². The molecule has 1 N–H and O–H groups in total. The molecule has 2 aromatic heterocycles. The van der Waals surface area contributed by atoms with Crippen LogP contribution in [0.5, 0.6) is 0 Å². The summed E-state index contributed by atoms with van der Waals surface area (Å²) in [6, 6.07) is 12.8. The van der Waals surface area contributed by atoms with E-state index >= 15 is 0 Å². The lowest BCUT2D eigenvalue weighted by atomic mass is 10.1. The molecule has 0 fully saturated rings. The number of carbonyl (C=O) groups excluding carboxylic acids is 1. The zero-order chi connectivity index (χ0) is 20.8. The Bertz CT molecular complexity index is 939. The number of hydrogen-bond donors (Lipinski definition) is 1. The van der Waals surface area contributed by atoms with Gasteiger partial charge in [-0.25, -0.2) is 0 Å². The highest BCUT2D eigenvalue weighted by molar-refractivity contribution is 7.16. The Balaban J connectivity index is 1.70. The minimum Gasteiger partial charge on any atom is -0.348 e. The standard InChI is InChI=1S/C24H33N3OS/c1-5-26(6-2)13-8-10-19(4)25-23(28)22-16-21-12-14-29-24(21)27(22)17-20-11-7-9-18(3)15-20/h7,9,11-12,14-16,19H,5-6,8,10,13,17H2,1-4H3,(H,25,28). The molecular weight excluding hydrogens is 378 g/mol. The molecule has 0 saturated carbocycles. The van der Waals surface area contributed by atoms with E-state index in [4.69, 9.17) is 0 Å². The highest BCUT2D eigenvalue weighted by Gasteiger charge is 2.18. The van der Waals surface area contributed by atoms with Crippen molar-refractivity contribution in [3.63, 3.8) is 0 Å². The van der Waals surface area contributed by atoms with Crippen LogP contribution in [0, 0.1) is 6.92 Å². The number of nitrogens with zero attached hydrogens (tertiary/aromatic N) is 2. The van der Waals surface area contributed by atoms with Crippen LogP contribution >= 0.6 is 11.3 Å². The van der Waals surface area contributed by atoms with Crippen LogP contribution in [0.15, 0.2) is 41.8 Å². The molecule has 0 aliphatic rings. The molecule has 0 aliphatic heterocycles. The van der Waals surface area contributed by atoms with Crippen molar-refractivity contribution < 1.29 is 4.79 Å². The summed E-state index contributed by atoms with van der Waals surface area (Å²) in [4.78, 5) is 16.7. The van der Waals surface area contributed by atoms with E-state index in [2.05, 4.69) is 78.2 Å². The van der Waals surface area contributed by atoms with E-state index < -0.39 is 0 Å². The maximum absolute atomic E-state index is 13.1. The molecule has 4 nitrogen and oxygen atoms in total. The number of amides is 1. The van der Waals surface area contributed by atoms with E-state index in [1.54, 1.807) is 11.3 Å². The largest absolute Gasteiger partial charge is 0.348 e. The van der Waals surface area contributed by atoms with Gasteiger partial charge in [-0.3, -0.25) is 4.79 Å². The minimum absolute atomic E-state index is 0.0244. The molecule has 1 aromatic carbocycles. The highest BCUT2D eigenvalue weighted by Crippen LogP contribution is 2.26. The Morgan fingerprint density at radius 1 is 1.21 bits per heavy atom. The van der Waals surface area contributed by atoms with Gasteiger partial charge in [0.2, 0.25) is 0 Å². The number of nitrogens with one attached hydrogen (secondary N) is 1. The van der Waals surface area contributed by atoms with Gasteiger partial charge in [-0.1, -0.05) is 43.7 Å². The van der Waals surface area contributed by atoms with E-state index in [-0.39, 0.29) is 11.9 Å². The molecule has 0 spiro atoms. The van der Waals surface area contributed by atoms with Gasteiger partial charge in [-0.05, 0) is 69.4 Å². The van der Waals surface area contributed by atoms with Crippen LogP contribution in [-0.4, -0.2) is 41.1 Å². The Labute approximate surface area is 178 Å². The Morgan fingerprint density at radius 3 is 2.72 bits per heavy atom. The number of hydrogen-bond acceptors (Lipinski definition) is 3. The molecule has 1 unspecified atom stereocenters. The molecule has 0 saturated heterocycles. The van der Waals surface area contributed by atoms with Gasteiger partial charge >= 0.3 is 0 Å². The number of rotatable bonds is 10. The monoisotopic (exact) mass is 411 g/mol. The second-order valence-corrected chi connectivity index (χ2v) is 8.72. The lowest BCUT2D eigenvalue weighted by Gasteiger charge is -2.20. The summed E-state index contributed by atoms with van der Waals surface area (Å²) in [5.74, 6) is 0.0244. The van der Waals surface area contributed by atoms with E-state index in [1.807, 2.05) is 6.07 Å². The van der Waals surface area contributed by atoms with Crippen LogP contribution in [0.2, 0.25) is 0 Å². The van der Waals surface area contributed by atoms with Crippen molar-refractivity contribution in [2.75, 3.05) is 19.6 Å². The van der Waals surface area contributed by atoms with Crippen LogP contribution in [-0.2, 0) is 6.54 Å². The summed E-state index contributed by atoms with van der Waals surface area (Å²) < 4.78 is 2.16. The summed E-state index contributed by atoms with van der Waals surface area (Å²) >= 11 is 1.69. The van der Waals surface area contributed by atoms with Gasteiger partial charge in [0.25, 0.3) is 5.91 Å². The second kappa shape index (κ2) is 10.1. The minimum atomic E-state index is 0.0244. The first-order chi connectivity index (χ1) is 14.0. The number of aryl methyl sites for hydroxylation is 1. The summed E-state index contributed by atoms with van der Waals surface area (Å²) in [7, 11) is 0. The predicted molar refractivity (Wildman–Crippen MR) is 124 cm³/mol. The molecule has 2 heterocycles. The Morgan fingerprint density at radius 2 is 2.00 bits per heavy atom. The molecular formula is C24H33N3OS. The molecule has 0 aliphatic carbocycles. The van der Waals surface area contributed by atoms with Crippen LogP contribution in [0.25, 0.3) is 10.2 Å². The maximum Gasteiger partial charge on any atom is 0.268 e. The third kappa shape index (κ3) is 5.49. The number of carbonyl (C=O) groups is 1. The molecule has 3 rings (SSSR count). The molecule has 29 heavy (non-hydrogen) atoms. The van der Waals surface area contributed by atoms with Crippen LogP contribution in [0.3, 0.4) is 0 Å². The SMILES string of the molecule is CCN(CC)CCCC(C)NC(=O)c1cc2ccsc2n1Cc1cccc(C)c1. The van der Waals surface area contributed by atoms with Gasteiger partial charge in [0.05, 0.1) is 0 Å². The second-order valence-electron chi connectivity index (χ2n) is 7.83. The van der Waals surface area contributed by atoms with Gasteiger partial charge < -0.3 is 14.8 Å². The van der Waals surface area contributed by atoms with Crippen molar-refractivity contribution in [2.45, 2.75) is 53.1 Å². The quantitative estimate of drug-likeness (QED) is 0.491. The van der Waals surface area contributed by atoms with Crippen molar-refractivity contribution in [3.8, 4) is 0 Å². The van der Waals surface area contributed by atoms with Gasteiger partial charge in [0.15, 0.2) is 0 Å². The molecule has 3 aromatic rings. The predicted octanol–water partition coefficient (Wildman–Crippen LogP) is 5.30. The summed E-state index contributed by atoms with van der Waals surface area (Å²) in [5, 5.41) is 6.45. The number of aromatic nitrogens is 1. The fourth-order valence-electron chi connectivity index (χ4n) is 3.84. The van der Waals surface area contributed by atoms with Crippen molar-refractivity contribution in [3.05, 3.63) is 58.6 Å². The van der Waals surface area contributed by atoms with Crippen LogP contribution in [0.4, 0.5) is 0 Å². The van der Waals surface area contributed by atoms with E-state index in [9.17, 15) is 4.79 Å². The lowest BCUT2D eigenvalue weighted by molar-refractivity contribution is 0.0929. The summed E-state index contributed by atoms with van der Waals surface area (Å²) in [6.07, 6.45) is 2.09. The molecule has 156 valence electrons. The zero-order valence-corrected chi connectivity index (χ0v) is 18.9. The van der Waals surface area contributed by atoms with Crippen molar-refractivity contribution >= 4 is 27.5 Å². The van der Waals surface area contributed by atoms with E-state index in [1.165, 1.54) is 11.1 Å². The lowest BCUT2D eigenvalue weighted by Crippen LogP contribution is -2.34. The van der Waals surface area contributed by atoms with Crippen LogP contribution in [0.1, 0.15) is 55.2 Å². The first kappa shape index (κ1) is 21.6. The van der Waals surface area contributed by atoms with Gasteiger partial charge in [0, 0.05) is 18.0 Å². The topological polar surface area (TPSA) is 37.3 Å². The normalized spacial score (nSPS) is 12.6. The number of fused-ring (bicyclic) bond motifs is 1. The smallest absolute Gasteiger partial charge is 0.268 e. The number of benzene rings is 1. The van der Waals surface area contributed by atoms with E-state index in [0.717, 1.165) is 48.4 Å². The molecule has 0 radical (unpaired) electrons. The van der Waals surface area contributed by atoms with Gasteiger partial charge in [-0.2, -0.15) is 0 Å². The van der Waals surface area contributed by atoms with Gasteiger partial charge in [-0.15, -0.1) is 11.3 Å². The summed E-state index contributed by atoms with van der Waals surface area (Å²) in [6.45, 7) is 12.6. The molecule has 5 heteroatoms. The zero-order valence-electron chi connectivity index (χ0n) is 18.1. The molecule has 0 bridgehead atoms. The average Bonchev–Trinajstić information content (AvgIpc) is 3.28. The number of thiophene rings is 1. The Hall–Kier alpha value is -2.11. The first-order valence-corrected chi connectivity index (χ1v) is 11.5. The Kier molecular flexibility index (Phi) is 7.51.